The van der Waals surface area contributed by atoms with Gasteiger partial charge in [-0.15, -0.1) is 0 Å². The zero-order chi connectivity index (χ0) is 8.36. The Morgan fingerprint density at radius 3 is 2.09 bits per heavy atom. The third-order valence-electron chi connectivity index (χ3n) is 1.37. The number of aliphatic hydroxyl groups excluding tert-OH is 2. The van der Waals surface area contributed by atoms with Crippen molar-refractivity contribution in [2.24, 2.45) is 5.41 Å². The van der Waals surface area contributed by atoms with Crippen molar-refractivity contribution in [3.63, 3.8) is 0 Å². The second-order valence-corrected chi connectivity index (χ2v) is 2.87. The smallest absolute Gasteiger partial charge is 0.547 e. The molecule has 0 spiro atoms. The van der Waals surface area contributed by atoms with Crippen molar-refractivity contribution >= 4 is 5.97 Å². The molecule has 60 valence electrons. The van der Waals surface area contributed by atoms with Crippen LogP contribution in [0.4, 0.5) is 0 Å². The third kappa shape index (κ3) is 3.78. The first kappa shape index (κ1) is 13.6. The van der Waals surface area contributed by atoms with Gasteiger partial charge in [0, 0.05) is 5.41 Å². The van der Waals surface area contributed by atoms with Gasteiger partial charge in [0.15, 0.2) is 0 Å². The molecule has 0 aliphatic heterocycles. The Balaban J connectivity index is 0. The number of carboxylic acids is 1. The topological polar surface area (TPSA) is 80.6 Å². The fourth-order valence-electron chi connectivity index (χ4n) is 0.406. The van der Waals surface area contributed by atoms with Crippen LogP contribution in [0.2, 0.25) is 0 Å². The Morgan fingerprint density at radius 1 is 1.64 bits per heavy atom. The van der Waals surface area contributed by atoms with Crippen molar-refractivity contribution < 1.29 is 39.0 Å². The normalized spacial score (nSPS) is 13.5. The molecule has 0 aromatic heterocycles. The average Bonchev–Trinajstić information content (AvgIpc) is 1.86. The molecule has 0 saturated heterocycles. The van der Waals surface area contributed by atoms with Gasteiger partial charge in [-0.3, -0.25) is 0 Å². The van der Waals surface area contributed by atoms with E-state index in [2.05, 4.69) is 0 Å². The fraction of sp³-hybridized carbons (Fsp3) is 0.833. The molecular weight excluding hydrogens is 143 g/mol. The summed E-state index contributed by atoms with van der Waals surface area (Å²) in [6.07, 6.45) is -1.61. The average molecular weight is 154 g/mol. The predicted molar refractivity (Wildman–Crippen MR) is 31.9 cm³/mol. The summed E-state index contributed by atoms with van der Waals surface area (Å²) < 4.78 is 0. The molecule has 0 saturated carbocycles. The maximum atomic E-state index is 10.0. The largest absolute Gasteiger partial charge is 1.00 e. The van der Waals surface area contributed by atoms with Gasteiger partial charge < -0.3 is 20.1 Å². The standard InChI is InChI=1S/C6H12O4.Li/c1-6(2,3-7)4(8)5(9)10;/h4,7-8H,3H2,1-2H3,(H,9,10);/q;+1/p-1/t4-;/m1./s1. The van der Waals surface area contributed by atoms with E-state index in [1.807, 2.05) is 0 Å². The van der Waals surface area contributed by atoms with E-state index < -0.39 is 17.5 Å². The molecule has 11 heavy (non-hydrogen) atoms. The van der Waals surface area contributed by atoms with Crippen LogP contribution in [0.15, 0.2) is 0 Å². The molecule has 0 fully saturated rings. The summed E-state index contributed by atoms with van der Waals surface area (Å²) in [5.74, 6) is -1.56. The first-order valence-corrected chi connectivity index (χ1v) is 2.91. The van der Waals surface area contributed by atoms with Crippen molar-refractivity contribution in [1.82, 2.24) is 0 Å². The quantitative estimate of drug-likeness (QED) is 0.399. The number of hydrogen-bond acceptors (Lipinski definition) is 4. The number of carbonyl (C=O) groups excluding carboxylic acids is 1. The summed E-state index contributed by atoms with van der Waals surface area (Å²) in [4.78, 5) is 10.0. The predicted octanol–water partition coefficient (Wildman–Crippen LogP) is -4.88. The van der Waals surface area contributed by atoms with Crippen LogP contribution in [-0.2, 0) is 4.79 Å². The summed E-state index contributed by atoms with van der Waals surface area (Å²) in [7, 11) is 0. The maximum Gasteiger partial charge on any atom is 1.00 e. The van der Waals surface area contributed by atoms with Crippen LogP contribution >= 0.6 is 0 Å². The Kier molecular flexibility index (Phi) is 5.90. The molecule has 0 rings (SSSR count). The monoisotopic (exact) mass is 154 g/mol. The van der Waals surface area contributed by atoms with Gasteiger partial charge in [-0.1, -0.05) is 13.8 Å². The van der Waals surface area contributed by atoms with Gasteiger partial charge in [-0.05, 0) is 0 Å². The summed E-state index contributed by atoms with van der Waals surface area (Å²) in [5.41, 5.74) is -1.03. The molecule has 0 radical (unpaired) electrons. The van der Waals surface area contributed by atoms with Crippen LogP contribution in [0.3, 0.4) is 0 Å². The molecule has 0 bridgehead atoms. The molecule has 0 unspecified atom stereocenters. The van der Waals surface area contributed by atoms with Gasteiger partial charge in [0.1, 0.15) is 6.10 Å². The maximum absolute atomic E-state index is 10.0. The summed E-state index contributed by atoms with van der Waals surface area (Å²) >= 11 is 0. The number of aliphatic hydroxyl groups is 2. The Hall–Kier alpha value is -0.0126. The van der Waals surface area contributed by atoms with Gasteiger partial charge in [0.2, 0.25) is 0 Å². The fourth-order valence-corrected chi connectivity index (χ4v) is 0.406. The van der Waals surface area contributed by atoms with E-state index in [4.69, 9.17) is 10.2 Å². The van der Waals surface area contributed by atoms with Crippen LogP contribution < -0.4 is 24.0 Å². The molecule has 0 aromatic carbocycles. The van der Waals surface area contributed by atoms with E-state index in [-0.39, 0.29) is 25.5 Å². The van der Waals surface area contributed by atoms with Crippen LogP contribution in [0.1, 0.15) is 13.8 Å². The van der Waals surface area contributed by atoms with Gasteiger partial charge in [0.25, 0.3) is 0 Å². The zero-order valence-electron chi connectivity index (χ0n) is 7.00. The van der Waals surface area contributed by atoms with Gasteiger partial charge in [0.05, 0.1) is 12.6 Å². The molecule has 5 heteroatoms. The van der Waals surface area contributed by atoms with E-state index in [9.17, 15) is 9.90 Å². The Morgan fingerprint density at radius 2 is 2.00 bits per heavy atom. The van der Waals surface area contributed by atoms with E-state index in [1.165, 1.54) is 13.8 Å². The number of rotatable bonds is 3. The molecule has 4 nitrogen and oxygen atoms in total. The summed E-state index contributed by atoms with van der Waals surface area (Å²) in [6.45, 7) is 2.49. The number of carboxylic acid groups (broad SMARTS) is 1. The van der Waals surface area contributed by atoms with Crippen molar-refractivity contribution in [3.8, 4) is 0 Å². The zero-order valence-corrected chi connectivity index (χ0v) is 7.00. The molecule has 0 amide bonds. The van der Waals surface area contributed by atoms with Crippen molar-refractivity contribution in [2.75, 3.05) is 6.61 Å². The Bertz CT molecular complexity index is 135. The third-order valence-corrected chi connectivity index (χ3v) is 1.37. The SMILES string of the molecule is CC(C)(CO)[C@H](O)C(=O)[O-].[Li+]. The van der Waals surface area contributed by atoms with Crippen LogP contribution in [-0.4, -0.2) is 28.9 Å². The van der Waals surface area contributed by atoms with Gasteiger partial charge in [-0.25, -0.2) is 0 Å². The van der Waals surface area contributed by atoms with Crippen molar-refractivity contribution in [2.45, 2.75) is 20.0 Å². The minimum Gasteiger partial charge on any atom is -0.547 e. The van der Waals surface area contributed by atoms with Crippen LogP contribution in [0.25, 0.3) is 0 Å². The minimum atomic E-state index is -1.61. The van der Waals surface area contributed by atoms with Crippen LogP contribution in [0.5, 0.6) is 0 Å². The second kappa shape index (κ2) is 4.78. The van der Waals surface area contributed by atoms with Crippen molar-refractivity contribution in [3.05, 3.63) is 0 Å². The van der Waals surface area contributed by atoms with Crippen molar-refractivity contribution in [1.29, 1.82) is 0 Å². The van der Waals surface area contributed by atoms with E-state index in [0.717, 1.165) is 0 Å². The molecule has 2 N–H and O–H groups in total. The molecule has 0 heterocycles. The van der Waals surface area contributed by atoms with Crippen LogP contribution in [0, 0.1) is 5.41 Å². The molecule has 0 aliphatic rings. The number of carbonyl (C=O) groups is 1. The number of aliphatic carboxylic acids is 1. The summed E-state index contributed by atoms with van der Waals surface area (Å²) in [6, 6.07) is 0. The van der Waals surface area contributed by atoms with E-state index in [0.29, 0.717) is 0 Å². The first-order chi connectivity index (χ1) is 4.41. The first-order valence-electron chi connectivity index (χ1n) is 2.91. The van der Waals surface area contributed by atoms with Gasteiger partial charge >= 0.3 is 18.9 Å². The molecular formula is C6H11LiO4. The molecule has 1 atom stereocenters. The van der Waals surface area contributed by atoms with E-state index >= 15 is 0 Å². The minimum absolute atomic E-state index is 0. The number of hydrogen-bond donors (Lipinski definition) is 2. The molecule has 0 aromatic rings. The molecule has 0 aliphatic carbocycles. The Labute approximate surface area is 77.4 Å². The van der Waals surface area contributed by atoms with Gasteiger partial charge in [-0.2, -0.15) is 0 Å². The second-order valence-electron chi connectivity index (χ2n) is 2.87. The van der Waals surface area contributed by atoms with E-state index in [1.54, 1.807) is 0 Å². The summed E-state index contributed by atoms with van der Waals surface area (Å²) in [5, 5.41) is 27.4.